The number of piperidine rings is 2. The maximum absolute atomic E-state index is 15.6. The van der Waals surface area contributed by atoms with Gasteiger partial charge in [-0.2, -0.15) is 0 Å². The first-order chi connectivity index (χ1) is 29.1. The van der Waals surface area contributed by atoms with Gasteiger partial charge in [0.25, 0.3) is 0 Å². The second-order valence-corrected chi connectivity index (χ2v) is 20.9. The fourth-order valence-electron chi connectivity index (χ4n) is 9.53. The van der Waals surface area contributed by atoms with Crippen molar-refractivity contribution in [3.05, 3.63) is 48.2 Å². The van der Waals surface area contributed by atoms with Gasteiger partial charge in [-0.25, -0.2) is 17.2 Å². The van der Waals surface area contributed by atoms with Gasteiger partial charge in [0.2, 0.25) is 9.84 Å². The third kappa shape index (κ3) is 12.6. The lowest BCUT2D eigenvalue weighted by molar-refractivity contribution is 0.0495. The van der Waals surface area contributed by atoms with Gasteiger partial charge < -0.3 is 24.0 Å². The predicted molar refractivity (Wildman–Crippen MR) is 241 cm³/mol. The molecule has 3 aliphatic heterocycles. The van der Waals surface area contributed by atoms with Crippen molar-refractivity contribution in [2.45, 2.75) is 149 Å². The molecule has 3 fully saturated rings. The number of aromatic nitrogens is 1. The smallest absolute Gasteiger partial charge is 0.210 e. The van der Waals surface area contributed by atoms with E-state index in [1.807, 2.05) is 0 Å². The van der Waals surface area contributed by atoms with Crippen LogP contribution in [0.15, 0.2) is 51.2 Å². The number of piperazine rings is 1. The first-order valence-electron chi connectivity index (χ1n) is 23.1. The number of hydrogen-bond donors (Lipinski definition) is 0. The number of ether oxygens (including phenoxy) is 1. The lowest BCUT2D eigenvalue weighted by atomic mass is 9.96. The van der Waals surface area contributed by atoms with Crippen molar-refractivity contribution in [3.8, 4) is 5.75 Å². The number of hydrogen-bond acceptors (Lipinski definition) is 9. The number of nitrogens with zero attached hydrogens (tertiary/aromatic N) is 5. The van der Waals surface area contributed by atoms with E-state index >= 15 is 8.78 Å². The summed E-state index contributed by atoms with van der Waals surface area (Å²) in [6, 6.07) is 7.99. The molecular weight excluding hydrogens is 801 g/mol. The van der Waals surface area contributed by atoms with Gasteiger partial charge in [0.15, 0.2) is 22.3 Å². The van der Waals surface area contributed by atoms with Gasteiger partial charge in [-0.05, 0) is 87.7 Å². The molecule has 60 heavy (non-hydrogen) atoms. The second kappa shape index (κ2) is 23.2. The van der Waals surface area contributed by atoms with Gasteiger partial charge in [0.1, 0.15) is 11.2 Å². The zero-order chi connectivity index (χ0) is 42.5. The molecule has 1 unspecified atom stereocenters. The Morgan fingerprint density at radius 1 is 0.733 bits per heavy atom. The molecule has 3 aliphatic rings. The highest BCUT2D eigenvalue weighted by molar-refractivity contribution is 7.91. The topological polar surface area (TPSA) is 92.3 Å². The van der Waals surface area contributed by atoms with Gasteiger partial charge in [0.05, 0.1) is 22.7 Å². The van der Waals surface area contributed by atoms with Crippen molar-refractivity contribution in [1.29, 1.82) is 0 Å². The molecule has 3 saturated heterocycles. The van der Waals surface area contributed by atoms with Crippen LogP contribution < -0.4 is 9.64 Å². The number of anilines is 1. The molecule has 13 heteroatoms. The van der Waals surface area contributed by atoms with E-state index in [9.17, 15) is 13.0 Å². The molecule has 4 heterocycles. The van der Waals surface area contributed by atoms with E-state index in [0.717, 1.165) is 96.3 Å². The molecule has 0 spiro atoms. The van der Waals surface area contributed by atoms with Crippen LogP contribution in [-0.2, 0) is 21.0 Å². The maximum atomic E-state index is 15.6. The summed E-state index contributed by atoms with van der Waals surface area (Å²) in [5.74, 6) is -2.64. The van der Waals surface area contributed by atoms with E-state index in [4.69, 9.17) is 4.74 Å². The Labute approximate surface area is 362 Å². The van der Waals surface area contributed by atoms with Crippen molar-refractivity contribution in [1.82, 2.24) is 19.7 Å². The molecule has 0 N–H and O–H groups in total. The zero-order valence-corrected chi connectivity index (χ0v) is 38.3. The molecule has 0 bridgehead atoms. The fourth-order valence-corrected chi connectivity index (χ4v) is 11.5. The number of halogens is 2. The summed E-state index contributed by atoms with van der Waals surface area (Å²) >= 11 is -1.32. The third-order valence-corrected chi connectivity index (χ3v) is 15.9. The van der Waals surface area contributed by atoms with Crippen molar-refractivity contribution >= 4 is 37.6 Å². The normalized spacial score (nSPS) is 18.7. The van der Waals surface area contributed by atoms with E-state index in [1.165, 1.54) is 70.4 Å². The Kier molecular flexibility index (Phi) is 18.2. The van der Waals surface area contributed by atoms with Crippen LogP contribution in [-0.4, -0.2) is 117 Å². The average Bonchev–Trinajstić information content (AvgIpc) is 3.25. The molecule has 0 amide bonds. The van der Waals surface area contributed by atoms with Crippen LogP contribution in [0.1, 0.15) is 122 Å². The number of benzene rings is 2. The molecule has 3 aromatic rings. The first kappa shape index (κ1) is 46.9. The summed E-state index contributed by atoms with van der Waals surface area (Å²) < 4.78 is 78.2. The van der Waals surface area contributed by atoms with Crippen LogP contribution in [0.5, 0.6) is 5.75 Å². The monoisotopic (exact) mass is 871 g/mol. The van der Waals surface area contributed by atoms with E-state index in [-0.39, 0.29) is 11.5 Å². The minimum absolute atomic E-state index is 0.115. The number of sulfone groups is 1. The van der Waals surface area contributed by atoms with Gasteiger partial charge >= 0.3 is 0 Å². The van der Waals surface area contributed by atoms with Gasteiger partial charge in [-0.15, -0.1) is 0 Å². The fraction of sp³-hybridized carbons (Fsp3) is 0.681. The number of likely N-dealkylation sites (N-methyl/N-ethyl adjacent to an activating group) is 1. The van der Waals surface area contributed by atoms with E-state index in [0.29, 0.717) is 53.1 Å². The van der Waals surface area contributed by atoms with Crippen LogP contribution in [0.3, 0.4) is 0 Å². The minimum atomic E-state index is -4.44. The molecule has 0 saturated carbocycles. The van der Waals surface area contributed by atoms with Crippen molar-refractivity contribution in [2.75, 3.05) is 77.2 Å². The molecule has 0 aliphatic carbocycles. The third-order valence-electron chi connectivity index (χ3n) is 13.3. The molecule has 1 aromatic heterocycles. The number of likely N-dealkylation sites (tertiary alicyclic amines) is 1. The summed E-state index contributed by atoms with van der Waals surface area (Å²) in [7, 11) is -2.25. The molecule has 9 nitrogen and oxygen atoms in total. The molecule has 6 rings (SSSR count). The summed E-state index contributed by atoms with van der Waals surface area (Å²) in [5, 5.41) is 0.560. The summed E-state index contributed by atoms with van der Waals surface area (Å²) in [6.45, 7) is 10.3. The Bertz CT molecular complexity index is 1870. The number of pyridine rings is 1. The van der Waals surface area contributed by atoms with E-state index in [1.54, 1.807) is 24.5 Å². The summed E-state index contributed by atoms with van der Waals surface area (Å²) in [5.41, 5.74) is 1.01. The lowest BCUT2D eigenvalue weighted by Crippen LogP contribution is -2.54. The molecule has 2 aromatic carbocycles. The van der Waals surface area contributed by atoms with Gasteiger partial charge in [-0.1, -0.05) is 90.4 Å². The Hall–Kier alpha value is -2.55. The Morgan fingerprint density at radius 2 is 1.25 bits per heavy atom. The van der Waals surface area contributed by atoms with Crippen LogP contribution in [0, 0.1) is 11.6 Å². The number of rotatable bonds is 22. The minimum Gasteiger partial charge on any atom is -0.612 e. The highest BCUT2D eigenvalue weighted by Crippen LogP contribution is 2.40. The second-order valence-electron chi connectivity index (χ2n) is 17.6. The first-order valence-corrected chi connectivity index (χ1v) is 26.2. The highest BCUT2D eigenvalue weighted by Gasteiger charge is 2.34. The van der Waals surface area contributed by atoms with Crippen molar-refractivity contribution in [3.63, 3.8) is 0 Å². The molecule has 1 atom stereocenters. The number of unbranched alkanes of at least 4 members (excludes halogenated alkanes) is 13. The van der Waals surface area contributed by atoms with Crippen molar-refractivity contribution in [2.24, 2.45) is 0 Å². The molecule has 0 radical (unpaired) electrons. The van der Waals surface area contributed by atoms with Crippen LogP contribution in [0.2, 0.25) is 0 Å². The average molecular weight is 872 g/mol. The maximum Gasteiger partial charge on any atom is 0.210 e. The molecular formula is C47H71F2N5O4S2. The van der Waals surface area contributed by atoms with Crippen LogP contribution in [0.25, 0.3) is 10.9 Å². The molecule has 334 valence electrons. The van der Waals surface area contributed by atoms with E-state index in [2.05, 4.69) is 38.6 Å². The largest absolute Gasteiger partial charge is 0.612 e. The SMILES string of the molecule is CCCCCCCCCCCCCCCCOc1c(F)cc(S(=O)(=O)c2cnc3ccc([S+](C)[O-])cc3c2N2CCC(N3CCC(N4CCN(C)CC4)CC3)CC2)cc1F. The Morgan fingerprint density at radius 3 is 1.80 bits per heavy atom. The van der Waals surface area contributed by atoms with E-state index < -0.39 is 43.3 Å². The lowest BCUT2D eigenvalue weighted by Gasteiger charge is -2.46. The number of fused-ring (bicyclic) bond motifs is 1. The van der Waals surface area contributed by atoms with Gasteiger partial charge in [0, 0.05) is 69.0 Å². The van der Waals surface area contributed by atoms with Gasteiger partial charge in [-0.3, -0.25) is 9.88 Å². The van der Waals surface area contributed by atoms with Crippen LogP contribution >= 0.6 is 0 Å². The highest BCUT2D eigenvalue weighted by atomic mass is 32.2. The standard InChI is InChI=1S/C47H71F2N5O4S2/c1-4-5-6-7-8-9-10-11-12-13-14-15-16-17-32-58-47-42(48)34-40(35-43(47)49)60(56,57)45-36-50-44-19-18-39(59(3)55)33-41(44)46(45)54-26-22-37(23-27-54)52-24-20-38(21-25-52)53-30-28-51(2)29-31-53/h18-19,33-38H,4-17,20-32H2,1-3H3. The van der Waals surface area contributed by atoms with Crippen molar-refractivity contribution < 1.29 is 26.5 Å². The predicted octanol–water partition coefficient (Wildman–Crippen LogP) is 9.62. The quantitative estimate of drug-likeness (QED) is 0.0724. The summed E-state index contributed by atoms with van der Waals surface area (Å²) in [4.78, 5) is 14.2. The summed E-state index contributed by atoms with van der Waals surface area (Å²) in [6.07, 6.45) is 23.8. The van der Waals surface area contributed by atoms with Crippen LogP contribution in [0.4, 0.5) is 14.5 Å². The Balaban J connectivity index is 1.06. The zero-order valence-electron chi connectivity index (χ0n) is 36.7.